The van der Waals surface area contributed by atoms with Gasteiger partial charge in [0.05, 0.1) is 22.6 Å². The van der Waals surface area contributed by atoms with Crippen LogP contribution in [0.15, 0.2) is 12.1 Å². The Bertz CT molecular complexity index is 581. The van der Waals surface area contributed by atoms with Crippen LogP contribution in [0.4, 0.5) is 17.1 Å². The fraction of sp³-hybridized carbons (Fsp3) is 0.231. The normalized spacial score (nSPS) is 9.55. The summed E-state index contributed by atoms with van der Waals surface area (Å²) < 4.78 is 0. The third-order valence-electron chi connectivity index (χ3n) is 2.23. The zero-order chi connectivity index (χ0) is 15.3. The van der Waals surface area contributed by atoms with E-state index in [0.29, 0.717) is 0 Å². The summed E-state index contributed by atoms with van der Waals surface area (Å²) in [7, 11) is 0. The molecule has 0 unspecified atom stereocenters. The molecule has 7 nitrogen and oxygen atoms in total. The van der Waals surface area contributed by atoms with Crippen LogP contribution in [-0.4, -0.2) is 24.0 Å². The van der Waals surface area contributed by atoms with Crippen LogP contribution >= 0.6 is 0 Å². The van der Waals surface area contributed by atoms with E-state index in [1.54, 1.807) is 6.29 Å². The number of nitrogens with one attached hydrogen (secondary N) is 3. The lowest BCUT2D eigenvalue weighted by atomic mass is 10.1. The van der Waals surface area contributed by atoms with Gasteiger partial charge in [-0.3, -0.25) is 19.2 Å². The second-order valence-electron chi connectivity index (χ2n) is 4.06. The monoisotopic (exact) mass is 276 g/mol. The Morgan fingerprint density at radius 2 is 1.35 bits per heavy atom. The molecule has 7 heteroatoms. The van der Waals surface area contributed by atoms with Crippen molar-refractivity contribution in [3.63, 3.8) is 0 Å². The summed E-state index contributed by atoms with van der Waals surface area (Å²) in [5.41, 5.74) is 0.575. The molecule has 0 atom stereocenters. The molecule has 1 rings (SSSR count). The minimum absolute atomic E-state index is 0.0676. The number of hydrogen-bond acceptors (Lipinski definition) is 4. The van der Waals surface area contributed by atoms with Gasteiger partial charge in [0.2, 0.25) is 24.0 Å². The number of rotatable bonds is 4. The van der Waals surface area contributed by atoms with Crippen molar-refractivity contribution in [2.75, 3.05) is 16.0 Å². The average Bonchev–Trinajstić information content (AvgIpc) is 2.31. The molecular weight excluding hydrogens is 262 g/mol. The maximum absolute atomic E-state index is 11.3. The Hall–Kier alpha value is -2.70. The second-order valence-corrected chi connectivity index (χ2v) is 4.06. The molecule has 0 bridgehead atoms. The average molecular weight is 276 g/mol. The molecule has 0 saturated heterocycles. The minimum atomic E-state index is -0.423. The Kier molecular flexibility index (Phi) is 4.96. The zero-order valence-electron chi connectivity index (χ0n) is 11.3. The van der Waals surface area contributed by atoms with Gasteiger partial charge in [-0.25, -0.2) is 0 Å². The summed E-state index contributed by atoms with van der Waals surface area (Å²) in [5.74, 6) is -1.19. The van der Waals surface area contributed by atoms with Crippen molar-refractivity contribution in [2.24, 2.45) is 0 Å². The first-order valence-corrected chi connectivity index (χ1v) is 5.73. The molecule has 20 heavy (non-hydrogen) atoms. The number of hydrogen-bond donors (Lipinski definition) is 3. The third kappa shape index (κ3) is 3.91. The van der Waals surface area contributed by atoms with Gasteiger partial charge >= 0.3 is 0 Å². The van der Waals surface area contributed by atoms with E-state index in [2.05, 4.69) is 16.0 Å². The lowest BCUT2D eigenvalue weighted by Gasteiger charge is -2.17. The predicted molar refractivity (Wildman–Crippen MR) is 74.1 cm³/mol. The number of benzene rings is 1. The topological polar surface area (TPSA) is 104 Å². The van der Waals surface area contributed by atoms with Gasteiger partial charge in [-0.05, 0) is 12.1 Å². The Labute approximate surface area is 115 Å². The molecule has 0 saturated carbocycles. The molecule has 1 radical (unpaired) electrons. The van der Waals surface area contributed by atoms with Crippen LogP contribution in [0, 0.1) is 0 Å². The number of amides is 3. The van der Waals surface area contributed by atoms with Gasteiger partial charge in [0, 0.05) is 20.8 Å². The van der Waals surface area contributed by atoms with E-state index in [-0.39, 0.29) is 28.5 Å². The van der Waals surface area contributed by atoms with E-state index in [0.717, 1.165) is 0 Å². The standard InChI is InChI=1S/C13H14N3O4/c1-7(18)14-11-5-4-10(6-17)12(15-8(2)19)13(11)16-9(3)20/h4-5H,1-3H3,(H,14,18)(H,15,19)(H,16,20). The Morgan fingerprint density at radius 3 is 1.80 bits per heavy atom. The molecule has 0 spiro atoms. The summed E-state index contributed by atoms with van der Waals surface area (Å²) in [5, 5.41) is 7.43. The first-order valence-electron chi connectivity index (χ1n) is 5.73. The van der Waals surface area contributed by atoms with Gasteiger partial charge in [0.15, 0.2) is 0 Å². The first-order chi connectivity index (χ1) is 9.35. The Morgan fingerprint density at radius 1 is 0.850 bits per heavy atom. The zero-order valence-corrected chi connectivity index (χ0v) is 11.3. The van der Waals surface area contributed by atoms with Crippen molar-refractivity contribution < 1.29 is 19.2 Å². The molecular formula is C13H14N3O4. The van der Waals surface area contributed by atoms with Crippen LogP contribution in [0.3, 0.4) is 0 Å². The van der Waals surface area contributed by atoms with E-state index in [1.165, 1.54) is 32.9 Å². The maximum atomic E-state index is 11.3. The van der Waals surface area contributed by atoms with Crippen LogP contribution in [-0.2, 0) is 19.2 Å². The van der Waals surface area contributed by atoms with Gasteiger partial charge < -0.3 is 16.0 Å². The van der Waals surface area contributed by atoms with Crippen LogP contribution in [0.25, 0.3) is 0 Å². The van der Waals surface area contributed by atoms with Gasteiger partial charge in [-0.2, -0.15) is 0 Å². The summed E-state index contributed by atoms with van der Waals surface area (Å²) in [6, 6.07) is 2.83. The molecule has 1 aromatic carbocycles. The smallest absolute Gasteiger partial charge is 0.235 e. The fourth-order valence-corrected chi connectivity index (χ4v) is 1.59. The summed E-state index contributed by atoms with van der Waals surface area (Å²) in [6.07, 6.45) is 1.67. The molecule has 105 valence electrons. The van der Waals surface area contributed by atoms with E-state index in [9.17, 15) is 19.2 Å². The van der Waals surface area contributed by atoms with E-state index >= 15 is 0 Å². The van der Waals surface area contributed by atoms with E-state index in [4.69, 9.17) is 0 Å². The molecule has 0 aliphatic carbocycles. The molecule has 3 amide bonds. The molecule has 1 aromatic rings. The highest BCUT2D eigenvalue weighted by Gasteiger charge is 2.16. The summed E-state index contributed by atoms with van der Waals surface area (Å²) in [4.78, 5) is 44.5. The maximum Gasteiger partial charge on any atom is 0.235 e. The lowest BCUT2D eigenvalue weighted by molar-refractivity contribution is -0.115. The molecule has 0 fully saturated rings. The minimum Gasteiger partial charge on any atom is -0.324 e. The van der Waals surface area contributed by atoms with Gasteiger partial charge in [-0.1, -0.05) is 0 Å². The molecule has 0 heterocycles. The van der Waals surface area contributed by atoms with Crippen LogP contribution < -0.4 is 16.0 Å². The number of carbonyl (C=O) groups is 3. The number of anilines is 3. The first kappa shape index (κ1) is 15.4. The highest BCUT2D eigenvalue weighted by molar-refractivity contribution is 6.09. The predicted octanol–water partition coefficient (Wildman–Crippen LogP) is 1.02. The Balaban J connectivity index is 3.45. The van der Waals surface area contributed by atoms with Crippen molar-refractivity contribution in [3.05, 3.63) is 17.7 Å². The summed E-state index contributed by atoms with van der Waals surface area (Å²) >= 11 is 0. The second kappa shape index (κ2) is 6.46. The molecule has 0 aromatic heterocycles. The van der Waals surface area contributed by atoms with Crippen LogP contribution in [0.1, 0.15) is 26.3 Å². The SMILES string of the molecule is CC(=O)Nc1ccc([C]=O)c(NC(C)=O)c1NC(C)=O. The quantitative estimate of drug-likeness (QED) is 0.763. The summed E-state index contributed by atoms with van der Waals surface area (Å²) in [6.45, 7) is 3.83. The van der Waals surface area contributed by atoms with Crippen molar-refractivity contribution in [1.82, 2.24) is 0 Å². The fourth-order valence-electron chi connectivity index (χ4n) is 1.59. The van der Waals surface area contributed by atoms with Crippen molar-refractivity contribution >= 4 is 41.1 Å². The van der Waals surface area contributed by atoms with Crippen molar-refractivity contribution in [2.45, 2.75) is 20.8 Å². The number of carbonyl (C=O) groups excluding carboxylic acids is 4. The molecule has 3 N–H and O–H groups in total. The molecule has 0 aliphatic heterocycles. The highest BCUT2D eigenvalue weighted by Crippen LogP contribution is 2.33. The van der Waals surface area contributed by atoms with Gasteiger partial charge in [0.25, 0.3) is 0 Å². The highest BCUT2D eigenvalue weighted by atomic mass is 16.2. The van der Waals surface area contributed by atoms with E-state index < -0.39 is 11.8 Å². The molecule has 0 aliphatic rings. The van der Waals surface area contributed by atoms with E-state index in [1.807, 2.05) is 0 Å². The van der Waals surface area contributed by atoms with Crippen LogP contribution in [0.5, 0.6) is 0 Å². The van der Waals surface area contributed by atoms with Gasteiger partial charge in [-0.15, -0.1) is 0 Å². The van der Waals surface area contributed by atoms with Crippen molar-refractivity contribution in [1.29, 1.82) is 0 Å². The van der Waals surface area contributed by atoms with Crippen LogP contribution in [0.2, 0.25) is 0 Å². The lowest BCUT2D eigenvalue weighted by Crippen LogP contribution is -2.17. The van der Waals surface area contributed by atoms with Gasteiger partial charge in [0.1, 0.15) is 0 Å². The third-order valence-corrected chi connectivity index (χ3v) is 2.23. The largest absolute Gasteiger partial charge is 0.324 e. The van der Waals surface area contributed by atoms with Crippen molar-refractivity contribution in [3.8, 4) is 0 Å².